The minimum atomic E-state index is -0.444. The van der Waals surface area contributed by atoms with Gasteiger partial charge in [0.25, 0.3) is 5.69 Å². The van der Waals surface area contributed by atoms with E-state index in [1.54, 1.807) is 22.9 Å². The number of nitro benzene ring substituents is 1. The van der Waals surface area contributed by atoms with Gasteiger partial charge in [0.05, 0.1) is 20.8 Å². The van der Waals surface area contributed by atoms with Crippen molar-refractivity contribution in [3.63, 3.8) is 0 Å². The third-order valence-electron chi connectivity index (χ3n) is 5.33. The number of nitrogens with one attached hydrogen (secondary N) is 1. The summed E-state index contributed by atoms with van der Waals surface area (Å²) in [7, 11) is 0. The van der Waals surface area contributed by atoms with E-state index in [1.165, 1.54) is 17.4 Å². The quantitative estimate of drug-likeness (QED) is 0.389. The van der Waals surface area contributed by atoms with Crippen molar-refractivity contribution in [2.24, 2.45) is 0 Å². The van der Waals surface area contributed by atoms with Crippen molar-refractivity contribution in [3.8, 4) is 5.13 Å². The lowest BCUT2D eigenvalue weighted by atomic mass is 9.85. The number of carbonyl (C=O) groups excluding carboxylic acids is 1. The van der Waals surface area contributed by atoms with E-state index in [0.717, 1.165) is 21.3 Å². The van der Waals surface area contributed by atoms with Crippen molar-refractivity contribution in [1.82, 2.24) is 14.8 Å². The molecule has 0 fully saturated rings. The molecule has 4 aromatic rings. The minimum absolute atomic E-state index is 0.00534. The van der Waals surface area contributed by atoms with E-state index in [0.29, 0.717) is 22.2 Å². The van der Waals surface area contributed by atoms with Gasteiger partial charge in [0.1, 0.15) is 5.82 Å². The van der Waals surface area contributed by atoms with Crippen LogP contribution in [0, 0.1) is 24.0 Å². The van der Waals surface area contributed by atoms with Crippen molar-refractivity contribution < 1.29 is 9.72 Å². The van der Waals surface area contributed by atoms with Crippen molar-refractivity contribution >= 4 is 39.0 Å². The lowest BCUT2D eigenvalue weighted by molar-refractivity contribution is -0.385. The van der Waals surface area contributed by atoms with Crippen LogP contribution in [0.15, 0.2) is 42.5 Å². The molecule has 0 radical (unpaired) electrons. The van der Waals surface area contributed by atoms with Crippen LogP contribution in [0.25, 0.3) is 15.3 Å². The summed E-state index contributed by atoms with van der Waals surface area (Å²) in [5.41, 5.74) is 4.02. The van der Waals surface area contributed by atoms with Gasteiger partial charge < -0.3 is 5.32 Å². The number of carbonyl (C=O) groups is 1. The van der Waals surface area contributed by atoms with Crippen LogP contribution in [0.4, 0.5) is 11.5 Å². The van der Waals surface area contributed by atoms with Crippen LogP contribution in [0.2, 0.25) is 0 Å². The van der Waals surface area contributed by atoms with E-state index in [1.807, 2.05) is 26.0 Å². The average molecular weight is 419 g/mol. The number of anilines is 1. The molecule has 2 aromatic heterocycles. The number of para-hydroxylation sites is 1. The molecule has 0 saturated heterocycles. The number of hydrogen-bond donors (Lipinski definition) is 1. The summed E-state index contributed by atoms with van der Waals surface area (Å²) in [6, 6.07) is 12.6. The maximum absolute atomic E-state index is 12.6. The highest BCUT2D eigenvalue weighted by molar-refractivity contribution is 7.20. The van der Waals surface area contributed by atoms with Crippen molar-refractivity contribution in [2.45, 2.75) is 26.2 Å². The first kappa shape index (κ1) is 18.4. The lowest BCUT2D eigenvalue weighted by Crippen LogP contribution is -2.25. The molecule has 30 heavy (non-hydrogen) atoms. The summed E-state index contributed by atoms with van der Waals surface area (Å²) in [5, 5.41) is 19.8. The van der Waals surface area contributed by atoms with E-state index in [9.17, 15) is 14.9 Å². The molecule has 8 nitrogen and oxygen atoms in total. The highest BCUT2D eigenvalue weighted by Crippen LogP contribution is 2.43. The summed E-state index contributed by atoms with van der Waals surface area (Å²) in [6.07, 6.45) is 0.128. The predicted octanol–water partition coefficient (Wildman–Crippen LogP) is 4.48. The Kier molecular flexibility index (Phi) is 4.14. The second-order valence-corrected chi connectivity index (χ2v) is 8.36. The van der Waals surface area contributed by atoms with Crippen LogP contribution >= 0.6 is 11.3 Å². The molecule has 2 aromatic carbocycles. The van der Waals surface area contributed by atoms with E-state index >= 15 is 0 Å². The number of nitrogens with zero attached hydrogens (tertiary/aromatic N) is 4. The smallest absolute Gasteiger partial charge is 0.273 e. The Labute approximate surface area is 175 Å². The fourth-order valence-corrected chi connectivity index (χ4v) is 5.03. The van der Waals surface area contributed by atoms with Gasteiger partial charge in [-0.3, -0.25) is 14.9 Å². The zero-order valence-electron chi connectivity index (χ0n) is 16.2. The van der Waals surface area contributed by atoms with Gasteiger partial charge in [-0.2, -0.15) is 9.78 Å². The molecule has 0 bridgehead atoms. The molecule has 1 N–H and O–H groups in total. The fourth-order valence-electron chi connectivity index (χ4n) is 4.01. The number of fused-ring (bicyclic) bond motifs is 2. The Morgan fingerprint density at radius 3 is 2.83 bits per heavy atom. The van der Waals surface area contributed by atoms with Crippen LogP contribution in [0.3, 0.4) is 0 Å². The second kappa shape index (κ2) is 6.74. The molecule has 9 heteroatoms. The molecule has 1 aliphatic heterocycles. The van der Waals surface area contributed by atoms with Gasteiger partial charge in [-0.15, -0.1) is 0 Å². The van der Waals surface area contributed by atoms with E-state index in [2.05, 4.69) is 21.5 Å². The topological polar surface area (TPSA) is 103 Å². The zero-order valence-corrected chi connectivity index (χ0v) is 17.1. The number of benzene rings is 2. The van der Waals surface area contributed by atoms with Crippen molar-refractivity contribution in [1.29, 1.82) is 0 Å². The van der Waals surface area contributed by atoms with E-state index in [-0.39, 0.29) is 18.0 Å². The molecule has 5 rings (SSSR count). The van der Waals surface area contributed by atoms with Crippen molar-refractivity contribution in [3.05, 3.63) is 75.0 Å². The van der Waals surface area contributed by atoms with Crippen LogP contribution in [0.5, 0.6) is 0 Å². The molecule has 1 aliphatic rings. The van der Waals surface area contributed by atoms with Crippen LogP contribution in [-0.2, 0) is 4.79 Å². The Bertz CT molecular complexity index is 1340. The van der Waals surface area contributed by atoms with Crippen LogP contribution < -0.4 is 5.32 Å². The average Bonchev–Trinajstić information content (AvgIpc) is 3.27. The first-order valence-corrected chi connectivity index (χ1v) is 10.2. The maximum atomic E-state index is 12.6. The van der Waals surface area contributed by atoms with E-state index in [4.69, 9.17) is 0 Å². The van der Waals surface area contributed by atoms with Gasteiger partial charge in [-0.25, -0.2) is 4.98 Å². The normalized spacial score (nSPS) is 15.8. The third kappa shape index (κ3) is 2.86. The molecule has 0 aliphatic carbocycles. The molecular formula is C21H17N5O3S. The number of amides is 1. The van der Waals surface area contributed by atoms with Gasteiger partial charge in [0.2, 0.25) is 11.0 Å². The summed E-state index contributed by atoms with van der Waals surface area (Å²) in [6.45, 7) is 3.88. The largest absolute Gasteiger partial charge is 0.310 e. The Hall–Kier alpha value is -3.59. The highest BCUT2D eigenvalue weighted by Gasteiger charge is 2.36. The molecule has 1 amide bonds. The van der Waals surface area contributed by atoms with Gasteiger partial charge in [0, 0.05) is 29.5 Å². The predicted molar refractivity (Wildman–Crippen MR) is 114 cm³/mol. The first-order valence-electron chi connectivity index (χ1n) is 9.42. The first-order chi connectivity index (χ1) is 14.4. The standard InChI is InChI=1S/C21H17N5O3S/c1-11-7-8-15-17(9-11)30-21(22-15)25-20-19(12(2)24-25)14(10-18(27)23-20)13-5-3-4-6-16(13)26(28)29/h3-9,14H,10H2,1-2H3,(H,23,27)/t14-/m0/s1. The van der Waals surface area contributed by atoms with Gasteiger partial charge in [-0.1, -0.05) is 35.6 Å². The van der Waals surface area contributed by atoms with Crippen molar-refractivity contribution in [2.75, 3.05) is 5.32 Å². The minimum Gasteiger partial charge on any atom is -0.310 e. The van der Waals surface area contributed by atoms with Gasteiger partial charge >= 0.3 is 0 Å². The molecule has 0 spiro atoms. The number of thiazole rings is 1. The molecule has 3 heterocycles. The summed E-state index contributed by atoms with van der Waals surface area (Å²) in [5.74, 6) is -0.118. The van der Waals surface area contributed by atoms with Gasteiger partial charge in [0.15, 0.2) is 0 Å². The second-order valence-electron chi connectivity index (χ2n) is 7.35. The molecule has 1 atom stereocenters. The monoisotopic (exact) mass is 419 g/mol. The third-order valence-corrected chi connectivity index (χ3v) is 6.32. The number of aryl methyl sites for hydroxylation is 2. The number of aromatic nitrogens is 3. The Morgan fingerprint density at radius 1 is 1.23 bits per heavy atom. The Morgan fingerprint density at radius 2 is 2.03 bits per heavy atom. The van der Waals surface area contributed by atoms with Crippen LogP contribution in [-0.4, -0.2) is 25.6 Å². The molecule has 0 saturated carbocycles. The Balaban J connectivity index is 1.69. The number of nitro groups is 1. The van der Waals surface area contributed by atoms with E-state index < -0.39 is 10.8 Å². The van der Waals surface area contributed by atoms with Gasteiger partial charge in [-0.05, 0) is 31.5 Å². The highest BCUT2D eigenvalue weighted by atomic mass is 32.1. The molecular weight excluding hydrogens is 402 g/mol. The summed E-state index contributed by atoms with van der Waals surface area (Å²) >= 11 is 1.49. The lowest BCUT2D eigenvalue weighted by Gasteiger charge is -2.23. The zero-order chi connectivity index (χ0) is 21.0. The molecule has 0 unspecified atom stereocenters. The summed E-state index contributed by atoms with van der Waals surface area (Å²) in [4.78, 5) is 28.4. The summed E-state index contributed by atoms with van der Waals surface area (Å²) < 4.78 is 2.67. The fraction of sp³-hybridized carbons (Fsp3) is 0.190. The van der Waals surface area contributed by atoms with Crippen LogP contribution in [0.1, 0.15) is 34.7 Å². The molecule has 150 valence electrons. The number of rotatable bonds is 3. The SMILES string of the molecule is Cc1ccc2nc(-n3nc(C)c4c3NC(=O)C[C@H]4c3ccccc3[N+](=O)[O-])sc2c1. The maximum Gasteiger partial charge on any atom is 0.273 e. The number of hydrogen-bond acceptors (Lipinski definition) is 6.